The average Bonchev–Trinajstić information content (AvgIpc) is 3.35. The van der Waals surface area contributed by atoms with Crippen LogP contribution in [0.3, 0.4) is 0 Å². The summed E-state index contributed by atoms with van der Waals surface area (Å²) in [6, 6.07) is 8.58. The standard InChI is InChI=1S/C25H23F2N7O2S/c1-24(2)13-14-6-9-25(24,19-7-10-29-23(30-19)34-11-8-20(33-34)37(28,35)36)22-15(14)12-18(31-32-22)21-16(26)4-3-5-17(21)27/h3-5,7-8,10-12,14H,6,9,13H2,1-2H3,(H2,28,35,36)/t14-,25+/m1/s1. The van der Waals surface area contributed by atoms with Gasteiger partial charge in [-0.1, -0.05) is 19.9 Å². The van der Waals surface area contributed by atoms with E-state index in [1.807, 2.05) is 6.07 Å². The molecule has 2 atom stereocenters. The van der Waals surface area contributed by atoms with Gasteiger partial charge < -0.3 is 0 Å². The minimum absolute atomic E-state index is 0.158. The predicted molar refractivity (Wildman–Crippen MR) is 129 cm³/mol. The fraction of sp³-hybridized carbons (Fsp3) is 0.320. The molecule has 2 bridgehead atoms. The normalized spacial score (nSPS) is 22.1. The number of fused-ring (bicyclic) bond motifs is 2. The lowest BCUT2D eigenvalue weighted by Crippen LogP contribution is -2.53. The molecule has 1 aromatic carbocycles. The van der Waals surface area contributed by atoms with Crippen molar-refractivity contribution in [3.05, 3.63) is 77.4 Å². The molecule has 4 aromatic rings. The third-order valence-corrected chi connectivity index (χ3v) is 8.61. The molecule has 3 aliphatic carbocycles. The second-order valence-electron chi connectivity index (χ2n) is 10.2. The second-order valence-corrected chi connectivity index (χ2v) is 11.8. The lowest BCUT2D eigenvalue weighted by Gasteiger charge is -2.56. The Morgan fingerprint density at radius 1 is 1.11 bits per heavy atom. The van der Waals surface area contributed by atoms with Gasteiger partial charge in [-0.25, -0.2) is 37.0 Å². The summed E-state index contributed by atoms with van der Waals surface area (Å²) in [5, 5.41) is 17.8. The zero-order valence-corrected chi connectivity index (χ0v) is 20.9. The number of hydrogen-bond acceptors (Lipinski definition) is 7. The highest BCUT2D eigenvalue weighted by Crippen LogP contribution is 2.63. The molecule has 0 saturated heterocycles. The largest absolute Gasteiger partial charge is 0.257 e. The Hall–Kier alpha value is -3.64. The molecule has 0 radical (unpaired) electrons. The minimum Gasteiger partial charge on any atom is -0.223 e. The van der Waals surface area contributed by atoms with Crippen LogP contribution in [0.25, 0.3) is 17.2 Å². The van der Waals surface area contributed by atoms with E-state index in [-0.39, 0.29) is 33.6 Å². The predicted octanol–water partition coefficient (Wildman–Crippen LogP) is 3.64. The molecule has 0 amide bonds. The molecular formula is C25H23F2N7O2S. The monoisotopic (exact) mass is 523 g/mol. The Balaban J connectivity index is 1.51. The zero-order chi connectivity index (χ0) is 26.2. The maximum absolute atomic E-state index is 14.5. The van der Waals surface area contributed by atoms with Crippen molar-refractivity contribution in [3.63, 3.8) is 0 Å². The van der Waals surface area contributed by atoms with Gasteiger partial charge in [-0.2, -0.15) is 10.2 Å². The molecule has 12 heteroatoms. The summed E-state index contributed by atoms with van der Waals surface area (Å²) in [7, 11) is -3.98. The lowest BCUT2D eigenvalue weighted by atomic mass is 9.47. The smallest absolute Gasteiger partial charge is 0.223 e. The van der Waals surface area contributed by atoms with Crippen LogP contribution in [0, 0.1) is 17.0 Å². The van der Waals surface area contributed by atoms with Gasteiger partial charge in [-0.3, -0.25) is 0 Å². The fourth-order valence-electron chi connectivity index (χ4n) is 6.10. The molecule has 0 unspecified atom stereocenters. The Morgan fingerprint density at radius 2 is 1.86 bits per heavy atom. The number of nitrogens with two attached hydrogens (primary N) is 1. The number of halogens is 2. The molecule has 3 heterocycles. The average molecular weight is 524 g/mol. The highest BCUT2D eigenvalue weighted by Gasteiger charge is 2.59. The first kappa shape index (κ1) is 23.7. The van der Waals surface area contributed by atoms with Crippen LogP contribution < -0.4 is 5.14 Å². The van der Waals surface area contributed by atoms with Crippen LogP contribution in [0.15, 0.2) is 53.8 Å². The molecule has 37 heavy (non-hydrogen) atoms. The van der Waals surface area contributed by atoms with Gasteiger partial charge in [0.05, 0.1) is 28.1 Å². The zero-order valence-electron chi connectivity index (χ0n) is 20.1. The lowest BCUT2D eigenvalue weighted by molar-refractivity contribution is 0.0810. The Bertz CT molecular complexity index is 1650. The molecule has 0 aliphatic heterocycles. The van der Waals surface area contributed by atoms with Gasteiger partial charge in [0.1, 0.15) is 11.6 Å². The third-order valence-electron chi connectivity index (χ3n) is 7.81. The summed E-state index contributed by atoms with van der Waals surface area (Å²) in [6.07, 6.45) is 5.44. The van der Waals surface area contributed by atoms with Crippen LogP contribution in [0.5, 0.6) is 0 Å². The van der Waals surface area contributed by atoms with E-state index in [9.17, 15) is 17.2 Å². The number of nitrogens with zero attached hydrogens (tertiary/aromatic N) is 6. The summed E-state index contributed by atoms with van der Waals surface area (Å²) in [4.78, 5) is 9.09. The van der Waals surface area contributed by atoms with E-state index in [1.165, 1.54) is 35.1 Å². The molecule has 0 spiro atoms. The van der Waals surface area contributed by atoms with Crippen molar-refractivity contribution < 1.29 is 17.2 Å². The van der Waals surface area contributed by atoms with Gasteiger partial charge in [0.15, 0.2) is 5.03 Å². The molecule has 3 aliphatic rings. The van der Waals surface area contributed by atoms with Gasteiger partial charge in [-0.05, 0) is 66.5 Å². The van der Waals surface area contributed by atoms with E-state index < -0.39 is 27.1 Å². The van der Waals surface area contributed by atoms with Crippen molar-refractivity contribution in [1.29, 1.82) is 0 Å². The van der Waals surface area contributed by atoms with Crippen molar-refractivity contribution in [2.75, 3.05) is 0 Å². The number of aromatic nitrogens is 6. The van der Waals surface area contributed by atoms with Crippen LogP contribution in [-0.2, 0) is 15.4 Å². The maximum Gasteiger partial charge on any atom is 0.257 e. The Morgan fingerprint density at radius 3 is 2.54 bits per heavy atom. The minimum atomic E-state index is -3.98. The van der Waals surface area contributed by atoms with Gasteiger partial charge in [0.2, 0.25) is 0 Å². The number of rotatable bonds is 4. The Kier molecular flexibility index (Phi) is 5.09. The first-order valence-electron chi connectivity index (χ1n) is 11.8. The summed E-state index contributed by atoms with van der Waals surface area (Å²) in [6.45, 7) is 4.31. The number of primary sulfonamides is 1. The quantitative estimate of drug-likeness (QED) is 0.432. The SMILES string of the molecule is CC1(C)C[C@H]2CC[C@]1(c1ccnc(-n3ccc(S(N)(=O)=O)n3)n1)c1nnc(-c3c(F)cccc3F)cc12. The second kappa shape index (κ2) is 7.93. The fourth-order valence-corrected chi connectivity index (χ4v) is 6.55. The van der Waals surface area contributed by atoms with Crippen molar-refractivity contribution in [3.8, 4) is 17.2 Å². The first-order valence-corrected chi connectivity index (χ1v) is 13.3. The molecule has 2 N–H and O–H groups in total. The first-order chi connectivity index (χ1) is 17.5. The van der Waals surface area contributed by atoms with E-state index in [0.29, 0.717) is 5.69 Å². The van der Waals surface area contributed by atoms with Crippen LogP contribution in [0.1, 0.15) is 56.0 Å². The summed E-state index contributed by atoms with van der Waals surface area (Å²) >= 11 is 0. The van der Waals surface area contributed by atoms with Crippen LogP contribution >= 0.6 is 0 Å². The van der Waals surface area contributed by atoms with E-state index in [0.717, 1.165) is 30.5 Å². The summed E-state index contributed by atoms with van der Waals surface area (Å²) < 4.78 is 53.7. The molecule has 190 valence electrons. The van der Waals surface area contributed by atoms with Crippen molar-refractivity contribution in [2.45, 2.75) is 49.5 Å². The van der Waals surface area contributed by atoms with E-state index in [4.69, 9.17) is 10.1 Å². The highest BCUT2D eigenvalue weighted by atomic mass is 32.2. The number of hydrogen-bond donors (Lipinski definition) is 1. The Labute approximate surface area is 211 Å². The van der Waals surface area contributed by atoms with Crippen LogP contribution in [-0.4, -0.2) is 38.4 Å². The van der Waals surface area contributed by atoms with Gasteiger partial charge in [0.25, 0.3) is 16.0 Å². The van der Waals surface area contributed by atoms with E-state index in [2.05, 4.69) is 34.1 Å². The van der Waals surface area contributed by atoms with Crippen molar-refractivity contribution in [2.24, 2.45) is 10.6 Å². The van der Waals surface area contributed by atoms with Crippen LogP contribution in [0.2, 0.25) is 0 Å². The topological polar surface area (TPSA) is 130 Å². The molecular weight excluding hydrogens is 500 g/mol. The maximum atomic E-state index is 14.5. The van der Waals surface area contributed by atoms with Crippen molar-refractivity contribution in [1.82, 2.24) is 29.9 Å². The van der Waals surface area contributed by atoms with E-state index >= 15 is 0 Å². The van der Waals surface area contributed by atoms with E-state index in [1.54, 1.807) is 12.3 Å². The molecule has 1 fully saturated rings. The molecule has 9 nitrogen and oxygen atoms in total. The van der Waals surface area contributed by atoms with Crippen molar-refractivity contribution >= 4 is 10.0 Å². The van der Waals surface area contributed by atoms with Crippen LogP contribution in [0.4, 0.5) is 8.78 Å². The molecule has 3 aromatic heterocycles. The summed E-state index contributed by atoms with van der Waals surface area (Å²) in [5.41, 5.74) is 1.37. The van der Waals surface area contributed by atoms with Gasteiger partial charge in [0, 0.05) is 12.4 Å². The number of sulfonamides is 1. The molecule has 7 rings (SSSR count). The molecule has 1 saturated carbocycles. The van der Waals surface area contributed by atoms with Gasteiger partial charge in [-0.15, -0.1) is 5.10 Å². The number of benzene rings is 1. The van der Waals surface area contributed by atoms with Gasteiger partial charge >= 0.3 is 0 Å². The summed E-state index contributed by atoms with van der Waals surface area (Å²) in [5.74, 6) is -1.03. The third kappa shape index (κ3) is 3.50. The highest BCUT2D eigenvalue weighted by molar-refractivity contribution is 7.89.